The maximum absolute atomic E-state index is 4.51. The lowest BCUT2D eigenvalue weighted by Crippen LogP contribution is -2.26. The zero-order valence-electron chi connectivity index (χ0n) is 10.7. The van der Waals surface area contributed by atoms with Crippen LogP contribution in [0.2, 0.25) is 0 Å². The Labute approximate surface area is 98.9 Å². The fourth-order valence-electron chi connectivity index (χ4n) is 1.81. The summed E-state index contributed by atoms with van der Waals surface area (Å²) in [6.07, 6.45) is 4.33. The molecule has 1 heterocycles. The smallest absolute Gasteiger partial charge is 0.132 e. The molecule has 0 unspecified atom stereocenters. The van der Waals surface area contributed by atoms with Gasteiger partial charge in [0.05, 0.1) is 0 Å². The normalized spacial score (nSPS) is 10.4. The Balaban J connectivity index is 2.81. The number of aromatic nitrogens is 1. The first-order valence-corrected chi connectivity index (χ1v) is 6.16. The molecule has 0 saturated heterocycles. The first-order valence-electron chi connectivity index (χ1n) is 6.16. The average Bonchev–Trinajstić information content (AvgIpc) is 2.32. The van der Waals surface area contributed by atoms with Crippen molar-refractivity contribution in [3.63, 3.8) is 0 Å². The van der Waals surface area contributed by atoms with Crippen molar-refractivity contribution in [2.75, 3.05) is 25.0 Å². The molecule has 0 fully saturated rings. The molecule has 0 aliphatic carbocycles. The van der Waals surface area contributed by atoms with Crippen LogP contribution in [0.5, 0.6) is 0 Å². The molecule has 0 aliphatic heterocycles. The highest BCUT2D eigenvalue weighted by Crippen LogP contribution is 2.17. The molecule has 1 aromatic rings. The highest BCUT2D eigenvalue weighted by atomic mass is 15.2. The van der Waals surface area contributed by atoms with Crippen LogP contribution in [0.25, 0.3) is 0 Å². The topological polar surface area (TPSA) is 28.2 Å². The standard InChI is InChI=1S/C13H23N3/c1-4-6-10-16(5-2)13-12(11-14-3)8-7-9-15-13/h7-9,14H,4-6,10-11H2,1-3H3. The number of pyridine rings is 1. The molecular formula is C13H23N3. The Hall–Kier alpha value is -1.09. The summed E-state index contributed by atoms with van der Waals surface area (Å²) in [4.78, 5) is 6.86. The molecule has 0 saturated carbocycles. The van der Waals surface area contributed by atoms with E-state index in [9.17, 15) is 0 Å². The van der Waals surface area contributed by atoms with E-state index in [1.807, 2.05) is 19.3 Å². The van der Waals surface area contributed by atoms with Gasteiger partial charge in [-0.2, -0.15) is 0 Å². The van der Waals surface area contributed by atoms with E-state index in [1.165, 1.54) is 18.4 Å². The Morgan fingerprint density at radius 2 is 2.19 bits per heavy atom. The second-order valence-corrected chi connectivity index (χ2v) is 3.95. The summed E-state index contributed by atoms with van der Waals surface area (Å²) in [6, 6.07) is 4.15. The Morgan fingerprint density at radius 3 is 2.81 bits per heavy atom. The van der Waals surface area contributed by atoms with E-state index in [-0.39, 0.29) is 0 Å². The van der Waals surface area contributed by atoms with Crippen molar-refractivity contribution in [1.82, 2.24) is 10.3 Å². The van der Waals surface area contributed by atoms with Crippen molar-refractivity contribution in [1.29, 1.82) is 0 Å². The van der Waals surface area contributed by atoms with E-state index in [0.717, 1.165) is 25.5 Å². The molecule has 16 heavy (non-hydrogen) atoms. The lowest BCUT2D eigenvalue weighted by molar-refractivity contribution is 0.713. The average molecular weight is 221 g/mol. The van der Waals surface area contributed by atoms with Gasteiger partial charge in [0.25, 0.3) is 0 Å². The van der Waals surface area contributed by atoms with Gasteiger partial charge in [-0.1, -0.05) is 19.4 Å². The van der Waals surface area contributed by atoms with Gasteiger partial charge < -0.3 is 10.2 Å². The second-order valence-electron chi connectivity index (χ2n) is 3.95. The van der Waals surface area contributed by atoms with Gasteiger partial charge in [-0.05, 0) is 26.5 Å². The van der Waals surface area contributed by atoms with E-state index < -0.39 is 0 Å². The van der Waals surface area contributed by atoms with Crippen LogP contribution in [-0.4, -0.2) is 25.1 Å². The van der Waals surface area contributed by atoms with Gasteiger partial charge in [0.15, 0.2) is 0 Å². The Morgan fingerprint density at radius 1 is 1.38 bits per heavy atom. The van der Waals surface area contributed by atoms with Crippen LogP contribution in [0.1, 0.15) is 32.3 Å². The third-order valence-corrected chi connectivity index (χ3v) is 2.70. The van der Waals surface area contributed by atoms with Gasteiger partial charge in [-0.3, -0.25) is 0 Å². The van der Waals surface area contributed by atoms with Crippen LogP contribution in [0, 0.1) is 0 Å². The number of nitrogens with zero attached hydrogens (tertiary/aromatic N) is 2. The summed E-state index contributed by atoms with van der Waals surface area (Å²) in [5.74, 6) is 1.13. The van der Waals surface area contributed by atoms with E-state index in [0.29, 0.717) is 0 Å². The molecular weight excluding hydrogens is 198 g/mol. The monoisotopic (exact) mass is 221 g/mol. The minimum absolute atomic E-state index is 0.881. The lowest BCUT2D eigenvalue weighted by Gasteiger charge is -2.24. The van der Waals surface area contributed by atoms with E-state index in [4.69, 9.17) is 0 Å². The van der Waals surface area contributed by atoms with Gasteiger partial charge in [0.1, 0.15) is 5.82 Å². The molecule has 1 rings (SSSR count). The number of hydrogen-bond donors (Lipinski definition) is 1. The summed E-state index contributed by atoms with van der Waals surface area (Å²) >= 11 is 0. The number of nitrogens with one attached hydrogen (secondary N) is 1. The zero-order valence-corrected chi connectivity index (χ0v) is 10.7. The van der Waals surface area contributed by atoms with E-state index in [2.05, 4.69) is 35.1 Å². The first kappa shape index (κ1) is 13.0. The molecule has 3 heteroatoms. The molecule has 0 radical (unpaired) electrons. The number of anilines is 1. The first-order chi connectivity index (χ1) is 7.83. The van der Waals surface area contributed by atoms with Crippen molar-refractivity contribution < 1.29 is 0 Å². The largest absolute Gasteiger partial charge is 0.357 e. The molecule has 0 atom stereocenters. The summed E-state index contributed by atoms with van der Waals surface area (Å²) in [5.41, 5.74) is 1.28. The van der Waals surface area contributed by atoms with Gasteiger partial charge in [0, 0.05) is 31.4 Å². The minimum Gasteiger partial charge on any atom is -0.357 e. The Kier molecular flexibility index (Phi) is 5.86. The van der Waals surface area contributed by atoms with E-state index in [1.54, 1.807) is 0 Å². The van der Waals surface area contributed by atoms with Crippen molar-refractivity contribution in [3.8, 4) is 0 Å². The highest BCUT2D eigenvalue weighted by molar-refractivity contribution is 5.46. The quantitative estimate of drug-likeness (QED) is 0.766. The zero-order chi connectivity index (χ0) is 11.8. The van der Waals surface area contributed by atoms with Crippen LogP contribution >= 0.6 is 0 Å². The fraction of sp³-hybridized carbons (Fsp3) is 0.615. The van der Waals surface area contributed by atoms with Gasteiger partial charge in [-0.25, -0.2) is 4.98 Å². The molecule has 3 nitrogen and oxygen atoms in total. The second kappa shape index (κ2) is 7.23. The van der Waals surface area contributed by atoms with Crippen molar-refractivity contribution in [2.24, 2.45) is 0 Å². The van der Waals surface area contributed by atoms with Gasteiger partial charge in [0.2, 0.25) is 0 Å². The van der Waals surface area contributed by atoms with E-state index >= 15 is 0 Å². The molecule has 0 spiro atoms. The van der Waals surface area contributed by atoms with Crippen molar-refractivity contribution in [3.05, 3.63) is 23.9 Å². The third-order valence-electron chi connectivity index (χ3n) is 2.70. The number of rotatable bonds is 7. The summed E-state index contributed by atoms with van der Waals surface area (Å²) in [6.45, 7) is 7.41. The Bertz CT molecular complexity index is 299. The highest BCUT2D eigenvalue weighted by Gasteiger charge is 2.09. The van der Waals surface area contributed by atoms with Gasteiger partial charge in [-0.15, -0.1) is 0 Å². The molecule has 0 bridgehead atoms. The van der Waals surface area contributed by atoms with Gasteiger partial charge >= 0.3 is 0 Å². The molecule has 0 amide bonds. The molecule has 90 valence electrons. The van der Waals surface area contributed by atoms with Crippen LogP contribution in [0.15, 0.2) is 18.3 Å². The third kappa shape index (κ3) is 3.49. The predicted molar refractivity (Wildman–Crippen MR) is 69.8 cm³/mol. The van der Waals surface area contributed by atoms with Crippen LogP contribution in [-0.2, 0) is 6.54 Å². The summed E-state index contributed by atoms with van der Waals surface area (Å²) in [7, 11) is 1.97. The molecule has 0 aliphatic rings. The maximum Gasteiger partial charge on any atom is 0.132 e. The molecule has 1 N–H and O–H groups in total. The summed E-state index contributed by atoms with van der Waals surface area (Å²) in [5, 5.41) is 3.19. The molecule has 1 aromatic heterocycles. The predicted octanol–water partition coefficient (Wildman–Crippen LogP) is 2.43. The van der Waals surface area contributed by atoms with Crippen molar-refractivity contribution in [2.45, 2.75) is 33.2 Å². The SMILES string of the molecule is CCCCN(CC)c1ncccc1CNC. The number of unbranched alkanes of at least 4 members (excludes halogenated alkanes) is 1. The lowest BCUT2D eigenvalue weighted by atomic mass is 10.2. The van der Waals surface area contributed by atoms with Crippen molar-refractivity contribution >= 4 is 5.82 Å². The summed E-state index contributed by atoms with van der Waals surface area (Å²) < 4.78 is 0. The number of hydrogen-bond acceptors (Lipinski definition) is 3. The fourth-order valence-corrected chi connectivity index (χ4v) is 1.81. The van der Waals surface area contributed by atoms with Crippen LogP contribution in [0.3, 0.4) is 0 Å². The minimum atomic E-state index is 0.881. The van der Waals surface area contributed by atoms with Crippen LogP contribution < -0.4 is 10.2 Å². The van der Waals surface area contributed by atoms with Crippen LogP contribution in [0.4, 0.5) is 5.82 Å². The molecule has 0 aromatic carbocycles. The maximum atomic E-state index is 4.51.